The molecule has 1 N–H and O–H groups in total. The number of thioether (sulfide) groups is 1. The Kier molecular flexibility index (Phi) is 6.89. The Balaban J connectivity index is 1.36. The number of hydrogen-bond acceptors (Lipinski definition) is 6. The molecule has 0 aliphatic rings. The van der Waals surface area contributed by atoms with Crippen LogP contribution in [0, 0.1) is 0 Å². The zero-order valence-electron chi connectivity index (χ0n) is 17.1. The molecule has 0 spiro atoms. The number of aromatic nitrogens is 5. The molecule has 3 aromatic heterocycles. The van der Waals surface area contributed by atoms with Gasteiger partial charge in [0.15, 0.2) is 10.3 Å². The first-order valence-electron chi connectivity index (χ1n) is 9.70. The van der Waals surface area contributed by atoms with Crippen molar-refractivity contribution in [3.05, 3.63) is 64.0 Å². The fourth-order valence-corrected chi connectivity index (χ4v) is 4.91. The van der Waals surface area contributed by atoms with Crippen LogP contribution in [0.1, 0.15) is 18.4 Å². The van der Waals surface area contributed by atoms with E-state index in [-0.39, 0.29) is 11.7 Å². The molecular formula is C21H21BrN6OS2. The second kappa shape index (κ2) is 9.80. The number of nitrogens with zero attached hydrogens (tertiary/aromatic N) is 5. The fraction of sp³-hybridized carbons (Fsp3) is 0.238. The zero-order valence-corrected chi connectivity index (χ0v) is 20.3. The van der Waals surface area contributed by atoms with Crippen molar-refractivity contribution in [1.29, 1.82) is 0 Å². The molecule has 31 heavy (non-hydrogen) atoms. The van der Waals surface area contributed by atoms with Crippen molar-refractivity contribution in [2.24, 2.45) is 7.05 Å². The highest BCUT2D eigenvalue weighted by molar-refractivity contribution is 9.10. The Hall–Kier alpha value is -2.43. The summed E-state index contributed by atoms with van der Waals surface area (Å²) in [6.07, 6.45) is 2.72. The standard InChI is InChI=1S/C21H21BrN6OS2/c1-3-28-18(11-16-5-4-10-27(16)2)25-26-21(28)31-13-19(29)24-20-23-17(12-30-20)14-6-8-15(22)9-7-14/h4-10,12H,3,11,13H2,1-2H3,(H,23,24,29). The summed E-state index contributed by atoms with van der Waals surface area (Å²) in [5.74, 6) is 1.03. The van der Waals surface area contributed by atoms with Gasteiger partial charge in [-0.2, -0.15) is 0 Å². The first kappa shape index (κ1) is 21.8. The zero-order chi connectivity index (χ0) is 21.8. The van der Waals surface area contributed by atoms with Crippen molar-refractivity contribution in [2.75, 3.05) is 11.1 Å². The predicted molar refractivity (Wildman–Crippen MR) is 129 cm³/mol. The van der Waals surface area contributed by atoms with Gasteiger partial charge in [0.05, 0.1) is 11.4 Å². The minimum atomic E-state index is -0.114. The van der Waals surface area contributed by atoms with Crippen LogP contribution < -0.4 is 5.32 Å². The largest absolute Gasteiger partial charge is 0.354 e. The molecule has 3 heterocycles. The molecule has 160 valence electrons. The van der Waals surface area contributed by atoms with Crippen molar-refractivity contribution in [1.82, 2.24) is 24.3 Å². The van der Waals surface area contributed by atoms with Crippen LogP contribution in [0.25, 0.3) is 11.3 Å². The van der Waals surface area contributed by atoms with Crippen LogP contribution >= 0.6 is 39.0 Å². The average Bonchev–Trinajstić information content (AvgIpc) is 3.48. The van der Waals surface area contributed by atoms with E-state index in [1.807, 2.05) is 49.0 Å². The van der Waals surface area contributed by atoms with Gasteiger partial charge in [-0.15, -0.1) is 21.5 Å². The number of thiazole rings is 1. The number of rotatable bonds is 8. The molecule has 0 saturated carbocycles. The summed E-state index contributed by atoms with van der Waals surface area (Å²) in [7, 11) is 2.02. The Morgan fingerprint density at radius 1 is 1.23 bits per heavy atom. The van der Waals surface area contributed by atoms with Crippen molar-refractivity contribution in [2.45, 2.75) is 25.0 Å². The highest BCUT2D eigenvalue weighted by Crippen LogP contribution is 2.26. The Morgan fingerprint density at radius 2 is 2.03 bits per heavy atom. The quantitative estimate of drug-likeness (QED) is 0.339. The lowest BCUT2D eigenvalue weighted by atomic mass is 10.2. The molecule has 0 atom stereocenters. The second-order valence-corrected chi connectivity index (χ2v) is 9.53. The minimum absolute atomic E-state index is 0.114. The van der Waals surface area contributed by atoms with E-state index in [2.05, 4.69) is 58.6 Å². The van der Waals surface area contributed by atoms with Gasteiger partial charge in [0.1, 0.15) is 5.82 Å². The highest BCUT2D eigenvalue weighted by Gasteiger charge is 2.15. The van der Waals surface area contributed by atoms with Gasteiger partial charge < -0.3 is 14.5 Å². The van der Waals surface area contributed by atoms with Gasteiger partial charge in [-0.25, -0.2) is 4.98 Å². The number of benzene rings is 1. The normalized spacial score (nSPS) is 11.1. The Morgan fingerprint density at radius 3 is 2.74 bits per heavy atom. The van der Waals surface area contributed by atoms with Crippen LogP contribution in [0.4, 0.5) is 5.13 Å². The molecule has 0 aliphatic heterocycles. The van der Waals surface area contributed by atoms with E-state index in [0.29, 0.717) is 11.6 Å². The van der Waals surface area contributed by atoms with Gasteiger partial charge in [0, 0.05) is 47.3 Å². The van der Waals surface area contributed by atoms with E-state index in [0.717, 1.165) is 33.3 Å². The molecule has 0 radical (unpaired) electrons. The minimum Gasteiger partial charge on any atom is -0.354 e. The van der Waals surface area contributed by atoms with Crippen LogP contribution in [0.5, 0.6) is 0 Å². The molecule has 0 aliphatic carbocycles. The average molecular weight is 517 g/mol. The molecule has 0 unspecified atom stereocenters. The second-order valence-electron chi connectivity index (χ2n) is 6.81. The number of carbonyl (C=O) groups is 1. The molecule has 1 aromatic carbocycles. The Labute approximate surface area is 197 Å². The van der Waals surface area contributed by atoms with Crippen LogP contribution in [-0.4, -0.2) is 36.0 Å². The summed E-state index contributed by atoms with van der Waals surface area (Å²) in [5, 5.41) is 14.8. The summed E-state index contributed by atoms with van der Waals surface area (Å²) < 4.78 is 5.15. The maximum Gasteiger partial charge on any atom is 0.236 e. The maximum atomic E-state index is 12.5. The number of nitrogens with one attached hydrogen (secondary N) is 1. The monoisotopic (exact) mass is 516 g/mol. The lowest BCUT2D eigenvalue weighted by Gasteiger charge is -2.08. The van der Waals surface area contributed by atoms with Crippen molar-refractivity contribution < 1.29 is 4.79 Å². The highest BCUT2D eigenvalue weighted by atomic mass is 79.9. The Bertz CT molecular complexity index is 1180. The number of carbonyl (C=O) groups excluding carboxylic acids is 1. The molecular weight excluding hydrogens is 496 g/mol. The lowest BCUT2D eigenvalue weighted by molar-refractivity contribution is -0.113. The fourth-order valence-electron chi connectivity index (χ4n) is 3.09. The number of amides is 1. The lowest BCUT2D eigenvalue weighted by Crippen LogP contribution is -2.14. The van der Waals surface area contributed by atoms with Crippen LogP contribution in [0.2, 0.25) is 0 Å². The van der Waals surface area contributed by atoms with E-state index >= 15 is 0 Å². The number of aryl methyl sites for hydroxylation is 1. The molecule has 0 saturated heterocycles. The SMILES string of the molecule is CCn1c(Cc2cccn2C)nnc1SCC(=O)Nc1nc(-c2ccc(Br)cc2)cs1. The molecule has 4 aromatic rings. The van der Waals surface area contributed by atoms with Crippen molar-refractivity contribution in [3.8, 4) is 11.3 Å². The van der Waals surface area contributed by atoms with E-state index in [1.54, 1.807) is 0 Å². The number of anilines is 1. The van der Waals surface area contributed by atoms with Crippen LogP contribution in [-0.2, 0) is 24.8 Å². The van der Waals surface area contributed by atoms with E-state index in [9.17, 15) is 4.79 Å². The molecule has 0 fully saturated rings. The first-order chi connectivity index (χ1) is 15.0. The molecule has 4 rings (SSSR count). The summed E-state index contributed by atoms with van der Waals surface area (Å²) in [4.78, 5) is 17.0. The molecule has 0 bridgehead atoms. The smallest absolute Gasteiger partial charge is 0.236 e. The van der Waals surface area contributed by atoms with Crippen LogP contribution in [0.3, 0.4) is 0 Å². The topological polar surface area (TPSA) is 77.6 Å². The molecule has 10 heteroatoms. The van der Waals surface area contributed by atoms with Crippen molar-refractivity contribution >= 4 is 50.1 Å². The van der Waals surface area contributed by atoms with Crippen LogP contribution in [0.15, 0.2) is 57.6 Å². The van der Waals surface area contributed by atoms with Crippen molar-refractivity contribution in [3.63, 3.8) is 0 Å². The van der Waals surface area contributed by atoms with E-state index in [1.165, 1.54) is 28.8 Å². The van der Waals surface area contributed by atoms with Gasteiger partial charge >= 0.3 is 0 Å². The number of halogens is 1. The van der Waals surface area contributed by atoms with Gasteiger partial charge in [-0.05, 0) is 31.2 Å². The summed E-state index contributed by atoms with van der Waals surface area (Å²) in [6, 6.07) is 12.0. The summed E-state index contributed by atoms with van der Waals surface area (Å²) >= 11 is 6.23. The third kappa shape index (κ3) is 5.25. The molecule has 7 nitrogen and oxygen atoms in total. The summed E-state index contributed by atoms with van der Waals surface area (Å²) in [5.41, 5.74) is 3.02. The maximum absolute atomic E-state index is 12.5. The number of hydrogen-bond donors (Lipinski definition) is 1. The van der Waals surface area contributed by atoms with Gasteiger partial charge in [0.2, 0.25) is 5.91 Å². The third-order valence-corrected chi connectivity index (χ3v) is 6.98. The predicted octanol–water partition coefficient (Wildman–Crippen LogP) is 4.84. The third-order valence-electron chi connectivity index (χ3n) is 4.72. The van der Waals surface area contributed by atoms with Gasteiger partial charge in [-0.1, -0.05) is 39.8 Å². The molecule has 1 amide bonds. The van der Waals surface area contributed by atoms with Gasteiger partial charge in [0.25, 0.3) is 0 Å². The van der Waals surface area contributed by atoms with E-state index < -0.39 is 0 Å². The summed E-state index contributed by atoms with van der Waals surface area (Å²) in [6.45, 7) is 2.81. The first-order valence-corrected chi connectivity index (χ1v) is 12.4. The van der Waals surface area contributed by atoms with Gasteiger partial charge in [-0.3, -0.25) is 4.79 Å². The van der Waals surface area contributed by atoms with E-state index in [4.69, 9.17) is 0 Å².